The monoisotopic (exact) mass is 373 g/mol. The first-order valence-corrected chi connectivity index (χ1v) is 6.61. The average molecular weight is 373 g/mol. The van der Waals surface area contributed by atoms with Crippen molar-refractivity contribution in [2.45, 2.75) is 16.6 Å². The normalized spacial score (nSPS) is 12.8. The van der Waals surface area contributed by atoms with Gasteiger partial charge in [0.05, 0.1) is 0 Å². The minimum absolute atomic E-state index is 0.174. The molecule has 5 nitrogen and oxygen atoms in total. The maximum atomic E-state index is 11.4. The van der Waals surface area contributed by atoms with Crippen molar-refractivity contribution < 1.29 is 19.4 Å². The lowest BCUT2D eigenvalue weighted by Gasteiger charge is -2.15. The van der Waals surface area contributed by atoms with E-state index in [1.54, 1.807) is 46.9 Å². The van der Waals surface area contributed by atoms with Gasteiger partial charge in [-0.15, -0.1) is 6.42 Å². The second-order valence-electron chi connectivity index (χ2n) is 3.61. The molecule has 0 heterocycles. The van der Waals surface area contributed by atoms with Crippen LogP contribution in [0.2, 0.25) is 0 Å². The van der Waals surface area contributed by atoms with E-state index in [1.807, 2.05) is 6.07 Å². The number of halogens is 1. The maximum Gasteiger partial charge on any atom is 0.409 e. The molecule has 100 valence electrons. The number of amides is 1. The first-order chi connectivity index (χ1) is 9.02. The summed E-state index contributed by atoms with van der Waals surface area (Å²) in [7, 11) is 0. The number of nitrogens with one attached hydrogen (secondary N) is 1. The van der Waals surface area contributed by atoms with Crippen LogP contribution in [-0.2, 0) is 16.0 Å². The minimum Gasteiger partial charge on any atom is -0.480 e. The van der Waals surface area contributed by atoms with Crippen molar-refractivity contribution in [1.29, 1.82) is 0 Å². The predicted octanol–water partition coefficient (Wildman–Crippen LogP) is 1.80. The quantitative estimate of drug-likeness (QED) is 0.469. The second-order valence-corrected chi connectivity index (χ2v) is 4.74. The number of aliphatic carboxylic acids is 1. The molecule has 0 aliphatic carbocycles. The third-order valence-corrected chi connectivity index (χ3v) is 2.83. The van der Waals surface area contributed by atoms with Crippen LogP contribution in [0.1, 0.15) is 5.56 Å². The minimum atomic E-state index is -1.13. The Morgan fingerprint density at radius 2 is 2.05 bits per heavy atom. The summed E-state index contributed by atoms with van der Waals surface area (Å²) in [6, 6.07) is 7.93. The molecule has 1 aromatic rings. The Balaban J connectivity index is 2.62. The largest absolute Gasteiger partial charge is 0.480 e. The van der Waals surface area contributed by atoms with E-state index in [0.29, 0.717) is 0 Å². The van der Waals surface area contributed by atoms with Gasteiger partial charge in [0.25, 0.3) is 0 Å². The molecule has 1 unspecified atom stereocenters. The molecule has 1 rings (SSSR count). The fraction of sp³-hybridized carbons (Fsp3) is 0.231. The van der Waals surface area contributed by atoms with E-state index in [4.69, 9.17) is 16.3 Å². The van der Waals surface area contributed by atoms with Crippen molar-refractivity contribution in [3.63, 3.8) is 0 Å². The predicted molar refractivity (Wildman–Crippen MR) is 77.8 cm³/mol. The zero-order chi connectivity index (χ0) is 14.3. The SMILES string of the molecule is C#CC(I)OC(=O)N[C@@H](Cc1ccccc1)C(=O)O. The Bertz CT molecular complexity index is 483. The van der Waals surface area contributed by atoms with E-state index in [0.717, 1.165) is 5.56 Å². The number of ether oxygens (including phenoxy) is 1. The molecule has 0 aromatic heterocycles. The number of alkyl halides is 1. The van der Waals surface area contributed by atoms with Crippen LogP contribution in [0.4, 0.5) is 4.79 Å². The molecule has 0 radical (unpaired) electrons. The zero-order valence-electron chi connectivity index (χ0n) is 9.88. The van der Waals surface area contributed by atoms with Crippen molar-refractivity contribution in [2.24, 2.45) is 0 Å². The van der Waals surface area contributed by atoms with Crippen LogP contribution >= 0.6 is 22.6 Å². The molecule has 0 spiro atoms. The Morgan fingerprint density at radius 3 is 2.58 bits per heavy atom. The number of alkyl carbamates (subject to hydrolysis) is 1. The van der Waals surface area contributed by atoms with E-state index in [2.05, 4.69) is 11.2 Å². The van der Waals surface area contributed by atoms with Gasteiger partial charge < -0.3 is 15.2 Å². The number of hydrogen-bond donors (Lipinski definition) is 2. The van der Waals surface area contributed by atoms with Gasteiger partial charge in [-0.05, 0) is 28.2 Å². The third-order valence-electron chi connectivity index (χ3n) is 2.21. The number of rotatable bonds is 5. The molecule has 0 fully saturated rings. The number of carbonyl (C=O) groups is 2. The summed E-state index contributed by atoms with van der Waals surface area (Å²) in [6.07, 6.45) is 4.38. The van der Waals surface area contributed by atoms with Crippen LogP contribution in [0, 0.1) is 12.3 Å². The molecule has 6 heteroatoms. The van der Waals surface area contributed by atoms with E-state index in [1.165, 1.54) is 0 Å². The fourth-order valence-corrected chi connectivity index (χ4v) is 1.59. The van der Waals surface area contributed by atoms with Gasteiger partial charge in [-0.3, -0.25) is 0 Å². The molecular weight excluding hydrogens is 361 g/mol. The summed E-state index contributed by atoms with van der Waals surface area (Å²) in [4.78, 5) is 22.5. The lowest BCUT2D eigenvalue weighted by atomic mass is 10.1. The Kier molecular flexibility index (Phi) is 6.15. The third kappa shape index (κ3) is 5.61. The van der Waals surface area contributed by atoms with Gasteiger partial charge in [0.15, 0.2) is 0 Å². The van der Waals surface area contributed by atoms with Gasteiger partial charge in [-0.1, -0.05) is 36.3 Å². The van der Waals surface area contributed by atoms with Crippen LogP contribution in [0.15, 0.2) is 30.3 Å². The number of terminal acetylenes is 1. The van der Waals surface area contributed by atoms with Crippen LogP contribution in [0.25, 0.3) is 0 Å². The van der Waals surface area contributed by atoms with Gasteiger partial charge in [0.1, 0.15) is 6.04 Å². The van der Waals surface area contributed by atoms with Gasteiger partial charge in [0, 0.05) is 6.42 Å². The molecule has 1 aromatic carbocycles. The highest BCUT2D eigenvalue weighted by atomic mass is 127. The first-order valence-electron chi connectivity index (χ1n) is 5.37. The summed E-state index contributed by atoms with van der Waals surface area (Å²) >= 11 is 1.74. The van der Waals surface area contributed by atoms with Gasteiger partial charge in [-0.25, -0.2) is 9.59 Å². The molecule has 0 bridgehead atoms. The Hall–Kier alpha value is -1.75. The summed E-state index contributed by atoms with van der Waals surface area (Å²) < 4.78 is 4.02. The molecule has 0 saturated carbocycles. The fourth-order valence-electron chi connectivity index (χ4n) is 1.35. The highest BCUT2D eigenvalue weighted by Crippen LogP contribution is 2.05. The van der Waals surface area contributed by atoms with Crippen LogP contribution in [0.5, 0.6) is 0 Å². The average Bonchev–Trinajstić information content (AvgIpc) is 2.38. The highest BCUT2D eigenvalue weighted by Gasteiger charge is 2.21. The highest BCUT2D eigenvalue weighted by molar-refractivity contribution is 14.1. The number of benzene rings is 1. The van der Waals surface area contributed by atoms with E-state index in [-0.39, 0.29) is 6.42 Å². The topological polar surface area (TPSA) is 75.6 Å². The van der Waals surface area contributed by atoms with Crippen molar-refractivity contribution in [3.05, 3.63) is 35.9 Å². The van der Waals surface area contributed by atoms with Crippen LogP contribution in [0.3, 0.4) is 0 Å². The van der Waals surface area contributed by atoms with Gasteiger partial charge in [-0.2, -0.15) is 0 Å². The summed E-state index contributed by atoms with van der Waals surface area (Å²) in [5.41, 5.74) is 0.804. The molecule has 0 aliphatic rings. The number of hydrogen-bond acceptors (Lipinski definition) is 3. The van der Waals surface area contributed by atoms with Crippen molar-refractivity contribution in [3.8, 4) is 12.3 Å². The molecule has 2 atom stereocenters. The standard InChI is InChI=1S/C13H12INO4/c1-2-11(14)19-13(18)15-10(12(16)17)8-9-6-4-3-5-7-9/h1,3-7,10-11H,8H2,(H,15,18)(H,16,17)/t10-,11?/m0/s1. The van der Waals surface area contributed by atoms with E-state index < -0.39 is 22.2 Å². The molecule has 2 N–H and O–H groups in total. The Labute approximate surface area is 124 Å². The van der Waals surface area contributed by atoms with Crippen molar-refractivity contribution in [2.75, 3.05) is 0 Å². The number of carboxylic acid groups (broad SMARTS) is 1. The second kappa shape index (κ2) is 7.63. The maximum absolute atomic E-state index is 11.4. The van der Waals surface area contributed by atoms with Gasteiger partial charge in [0.2, 0.25) is 4.11 Å². The zero-order valence-corrected chi connectivity index (χ0v) is 12.0. The summed E-state index contributed by atoms with van der Waals surface area (Å²) in [6.45, 7) is 0. The summed E-state index contributed by atoms with van der Waals surface area (Å²) in [5, 5.41) is 11.3. The molecule has 19 heavy (non-hydrogen) atoms. The molecular formula is C13H12INO4. The first kappa shape index (κ1) is 15.3. The lowest BCUT2D eigenvalue weighted by Crippen LogP contribution is -2.43. The lowest BCUT2D eigenvalue weighted by molar-refractivity contribution is -0.139. The molecule has 1 amide bonds. The van der Waals surface area contributed by atoms with Crippen molar-refractivity contribution >= 4 is 34.7 Å². The number of carbonyl (C=O) groups excluding carboxylic acids is 1. The number of carboxylic acids is 1. The van der Waals surface area contributed by atoms with Gasteiger partial charge >= 0.3 is 12.1 Å². The van der Waals surface area contributed by atoms with E-state index >= 15 is 0 Å². The van der Waals surface area contributed by atoms with Crippen molar-refractivity contribution in [1.82, 2.24) is 5.32 Å². The molecule has 0 aliphatic heterocycles. The Morgan fingerprint density at radius 1 is 1.42 bits per heavy atom. The molecule has 0 saturated heterocycles. The smallest absolute Gasteiger partial charge is 0.409 e. The van der Waals surface area contributed by atoms with E-state index in [9.17, 15) is 9.59 Å². The summed E-state index contributed by atoms with van der Waals surface area (Å²) in [5.74, 6) is 1.07. The van der Waals surface area contributed by atoms with Crippen LogP contribution in [-0.4, -0.2) is 27.3 Å². The van der Waals surface area contributed by atoms with Crippen LogP contribution < -0.4 is 5.32 Å².